The summed E-state index contributed by atoms with van der Waals surface area (Å²) in [5, 5.41) is 11.0. The summed E-state index contributed by atoms with van der Waals surface area (Å²) in [5.74, 6) is -2.84. The molecule has 0 unspecified atom stereocenters. The normalized spacial score (nSPS) is 25.8. The summed E-state index contributed by atoms with van der Waals surface area (Å²) in [7, 11) is 0. The highest BCUT2D eigenvalue weighted by Crippen LogP contribution is 2.49. The Bertz CT molecular complexity index is 1240. The first-order valence-electron chi connectivity index (χ1n) is 11.0. The summed E-state index contributed by atoms with van der Waals surface area (Å²) < 4.78 is 27.1. The first kappa shape index (κ1) is 22.3. The molecule has 2 fully saturated rings. The smallest absolute Gasteiger partial charge is 0.328 e. The van der Waals surface area contributed by atoms with E-state index in [1.54, 1.807) is 32.6 Å². The van der Waals surface area contributed by atoms with E-state index in [1.165, 1.54) is 6.07 Å². The zero-order valence-corrected chi connectivity index (χ0v) is 19.0. The van der Waals surface area contributed by atoms with Gasteiger partial charge in [-0.2, -0.15) is 0 Å². The fourth-order valence-electron chi connectivity index (χ4n) is 5.44. The van der Waals surface area contributed by atoms with Crippen molar-refractivity contribution >= 4 is 40.4 Å². The molecule has 1 aromatic carbocycles. The predicted octanol–water partition coefficient (Wildman–Crippen LogP) is 0.996. The minimum Gasteiger partial charge on any atom is -0.372 e. The zero-order chi connectivity index (χ0) is 24.5. The third-order valence-corrected chi connectivity index (χ3v) is 6.60. The topological polar surface area (TPSA) is 143 Å². The molecule has 11 nitrogen and oxygen atoms in total. The third-order valence-electron chi connectivity index (χ3n) is 6.60. The Kier molecular flexibility index (Phi) is 4.90. The van der Waals surface area contributed by atoms with Crippen LogP contribution < -0.4 is 20.9 Å². The molecule has 3 aliphatic heterocycles. The van der Waals surface area contributed by atoms with Crippen LogP contribution in [0.2, 0.25) is 0 Å². The van der Waals surface area contributed by atoms with Crippen molar-refractivity contribution in [2.45, 2.75) is 58.4 Å². The van der Waals surface area contributed by atoms with Crippen LogP contribution in [0.25, 0.3) is 11.0 Å². The lowest BCUT2D eigenvalue weighted by Crippen LogP contribution is -2.75. The van der Waals surface area contributed by atoms with E-state index >= 15 is 4.39 Å². The average molecular weight is 473 g/mol. The number of amides is 5. The Balaban J connectivity index is 1.73. The lowest BCUT2D eigenvalue weighted by molar-refractivity contribution is -0.153. The van der Waals surface area contributed by atoms with Crippen molar-refractivity contribution < 1.29 is 32.8 Å². The minimum atomic E-state index is -1.75. The molecule has 2 saturated heterocycles. The Labute approximate surface area is 193 Å². The number of urea groups is 1. The summed E-state index contributed by atoms with van der Waals surface area (Å²) >= 11 is 0. The standard InChI is InChI=1S/C22H24FN5O6/c1-8(2)24-18(29)14-12-5-11-6-22(19(30)25-21(32)26-20(22)31)17-10(4)33-9(3)7-28(17)15(11)13(23)16(12)34-27-14/h5,8-10,17H,6-7H2,1-4H3,(H,24,29)(H2,25,26,30,31,32)/t9-,10+,17-/m1/s1. The summed E-state index contributed by atoms with van der Waals surface area (Å²) in [6, 6.07) is -0.458. The Hall–Kier alpha value is -3.54. The molecule has 34 heavy (non-hydrogen) atoms. The van der Waals surface area contributed by atoms with E-state index < -0.39 is 47.1 Å². The zero-order valence-electron chi connectivity index (χ0n) is 19.0. The van der Waals surface area contributed by atoms with E-state index in [2.05, 4.69) is 21.1 Å². The molecular formula is C22H24FN5O6. The molecule has 0 bridgehead atoms. The molecule has 1 aromatic heterocycles. The fraction of sp³-hybridized carbons (Fsp3) is 0.500. The van der Waals surface area contributed by atoms with Gasteiger partial charge in [0.2, 0.25) is 17.4 Å². The highest BCUT2D eigenvalue weighted by Gasteiger charge is 2.63. The van der Waals surface area contributed by atoms with Gasteiger partial charge in [0.1, 0.15) is 0 Å². The van der Waals surface area contributed by atoms with Gasteiger partial charge >= 0.3 is 6.03 Å². The Morgan fingerprint density at radius 2 is 1.94 bits per heavy atom. The van der Waals surface area contributed by atoms with Crippen molar-refractivity contribution in [1.29, 1.82) is 0 Å². The number of hydrogen-bond donors (Lipinski definition) is 3. The number of anilines is 1. The van der Waals surface area contributed by atoms with Gasteiger partial charge < -0.3 is 19.5 Å². The van der Waals surface area contributed by atoms with Gasteiger partial charge in [0.25, 0.3) is 5.91 Å². The number of hydrogen-bond acceptors (Lipinski definition) is 8. The van der Waals surface area contributed by atoms with Crippen molar-refractivity contribution in [2.24, 2.45) is 5.41 Å². The summed E-state index contributed by atoms with van der Waals surface area (Å²) in [4.78, 5) is 52.5. The van der Waals surface area contributed by atoms with Crippen molar-refractivity contribution in [3.63, 3.8) is 0 Å². The highest BCUT2D eigenvalue weighted by atomic mass is 19.1. The maximum Gasteiger partial charge on any atom is 0.328 e. The number of imide groups is 2. The molecule has 5 rings (SSSR count). The van der Waals surface area contributed by atoms with Crippen LogP contribution in [0.15, 0.2) is 10.6 Å². The third kappa shape index (κ3) is 3.01. The SMILES string of the molecule is CC(C)NC(=O)c1noc2c(F)c3c(cc12)CC1(C(=O)NC(=O)NC1=O)[C@H]1[C@H](C)O[C@H](C)CN31. The lowest BCUT2D eigenvalue weighted by Gasteiger charge is -2.55. The number of carbonyl (C=O) groups excluding carboxylic acids is 4. The van der Waals surface area contributed by atoms with Crippen LogP contribution in [0, 0.1) is 11.2 Å². The molecule has 0 saturated carbocycles. The molecule has 12 heteroatoms. The van der Waals surface area contributed by atoms with Crippen LogP contribution in [0.3, 0.4) is 0 Å². The molecule has 2 aromatic rings. The van der Waals surface area contributed by atoms with E-state index in [-0.39, 0.29) is 47.5 Å². The molecule has 3 atom stereocenters. The van der Waals surface area contributed by atoms with Crippen LogP contribution in [0.4, 0.5) is 14.9 Å². The Morgan fingerprint density at radius 3 is 2.59 bits per heavy atom. The second-order valence-electron chi connectivity index (χ2n) is 9.37. The number of fused-ring (bicyclic) bond motifs is 5. The molecule has 3 aliphatic rings. The van der Waals surface area contributed by atoms with E-state index in [0.29, 0.717) is 5.56 Å². The summed E-state index contributed by atoms with van der Waals surface area (Å²) in [6.07, 6.45) is -1.18. The molecule has 3 N–H and O–H groups in total. The lowest BCUT2D eigenvalue weighted by atomic mass is 9.66. The molecule has 1 spiro atoms. The maximum absolute atomic E-state index is 15.9. The number of benzene rings is 1. The predicted molar refractivity (Wildman–Crippen MR) is 116 cm³/mol. The second kappa shape index (κ2) is 7.49. The molecule has 180 valence electrons. The van der Waals surface area contributed by atoms with E-state index in [4.69, 9.17) is 9.26 Å². The van der Waals surface area contributed by atoms with Gasteiger partial charge in [-0.25, -0.2) is 9.18 Å². The van der Waals surface area contributed by atoms with Gasteiger partial charge in [-0.15, -0.1) is 0 Å². The number of nitrogens with one attached hydrogen (secondary N) is 3. The van der Waals surface area contributed by atoms with Crippen LogP contribution in [0.1, 0.15) is 43.7 Å². The molecular weight excluding hydrogens is 449 g/mol. The number of nitrogens with zero attached hydrogens (tertiary/aromatic N) is 2. The first-order valence-corrected chi connectivity index (χ1v) is 11.0. The van der Waals surface area contributed by atoms with E-state index in [0.717, 1.165) is 0 Å². The van der Waals surface area contributed by atoms with E-state index in [1.807, 2.05) is 0 Å². The molecule has 4 heterocycles. The second-order valence-corrected chi connectivity index (χ2v) is 9.37. The van der Waals surface area contributed by atoms with Gasteiger partial charge in [-0.1, -0.05) is 5.16 Å². The summed E-state index contributed by atoms with van der Waals surface area (Å²) in [5.41, 5.74) is -1.56. The molecule has 0 radical (unpaired) electrons. The van der Waals surface area contributed by atoms with Gasteiger partial charge in [0, 0.05) is 19.0 Å². The monoisotopic (exact) mass is 473 g/mol. The minimum absolute atomic E-state index is 0.0991. The fourth-order valence-corrected chi connectivity index (χ4v) is 5.44. The molecule has 0 aliphatic carbocycles. The number of aromatic nitrogens is 1. The quantitative estimate of drug-likeness (QED) is 0.548. The van der Waals surface area contributed by atoms with Crippen LogP contribution >= 0.6 is 0 Å². The van der Waals surface area contributed by atoms with Gasteiger partial charge in [0.05, 0.1) is 29.3 Å². The summed E-state index contributed by atoms with van der Waals surface area (Å²) in [6.45, 7) is 7.24. The number of carbonyl (C=O) groups is 4. The van der Waals surface area contributed by atoms with Crippen LogP contribution in [0.5, 0.6) is 0 Å². The number of morpholine rings is 1. The highest BCUT2D eigenvalue weighted by molar-refractivity contribution is 6.20. The largest absolute Gasteiger partial charge is 0.372 e. The Morgan fingerprint density at radius 1 is 1.26 bits per heavy atom. The van der Waals surface area contributed by atoms with Gasteiger partial charge in [0.15, 0.2) is 16.9 Å². The number of halogens is 1. The first-order chi connectivity index (χ1) is 16.0. The number of rotatable bonds is 2. The van der Waals surface area contributed by atoms with Gasteiger partial charge in [-0.3, -0.25) is 25.0 Å². The van der Waals surface area contributed by atoms with E-state index in [9.17, 15) is 19.2 Å². The van der Waals surface area contributed by atoms with Crippen molar-refractivity contribution in [3.8, 4) is 0 Å². The van der Waals surface area contributed by atoms with Crippen molar-refractivity contribution in [1.82, 2.24) is 21.1 Å². The van der Waals surface area contributed by atoms with Gasteiger partial charge in [-0.05, 0) is 39.3 Å². The number of barbiturate groups is 1. The average Bonchev–Trinajstić information content (AvgIpc) is 3.15. The van der Waals surface area contributed by atoms with Crippen LogP contribution in [-0.2, 0) is 20.7 Å². The number of ether oxygens (including phenoxy) is 1. The van der Waals surface area contributed by atoms with Crippen molar-refractivity contribution in [2.75, 3.05) is 11.4 Å². The van der Waals surface area contributed by atoms with Crippen LogP contribution in [-0.4, -0.2) is 59.7 Å². The maximum atomic E-state index is 15.9. The van der Waals surface area contributed by atoms with Crippen molar-refractivity contribution in [3.05, 3.63) is 23.1 Å². The molecule has 5 amide bonds.